The summed E-state index contributed by atoms with van der Waals surface area (Å²) >= 11 is 0. The first kappa shape index (κ1) is 17.8. The van der Waals surface area contributed by atoms with E-state index < -0.39 is 7.92 Å². The minimum atomic E-state index is -0.596. The third-order valence-corrected chi connectivity index (χ3v) is 6.28. The van der Waals surface area contributed by atoms with Crippen LogP contribution in [0.1, 0.15) is 0 Å². The van der Waals surface area contributed by atoms with Gasteiger partial charge in [-0.15, -0.1) is 24.0 Å². The third-order valence-electron chi connectivity index (χ3n) is 3.86. The van der Waals surface area contributed by atoms with Crippen LogP contribution in [0, 0.1) is 0 Å². The second kappa shape index (κ2) is 8.41. The van der Waals surface area contributed by atoms with Gasteiger partial charge in [-0.3, -0.25) is 0 Å². The molecule has 0 unspecified atom stereocenters. The second-order valence-corrected chi connectivity index (χ2v) is 7.65. The number of rotatable bonds is 4. The third kappa shape index (κ3) is 4.00. The average Bonchev–Trinajstić information content (AvgIpc) is 3.19. The first-order valence-electron chi connectivity index (χ1n) is 7.81. The highest BCUT2D eigenvalue weighted by atomic mass is 127. The molecular formula is C21H17INOP. The molecule has 0 radical (unpaired) electrons. The maximum atomic E-state index is 5.13. The molecule has 4 rings (SSSR count). The van der Waals surface area contributed by atoms with Crippen molar-refractivity contribution in [3.05, 3.63) is 97.6 Å². The van der Waals surface area contributed by atoms with Crippen molar-refractivity contribution in [1.82, 2.24) is 4.98 Å². The van der Waals surface area contributed by atoms with Crippen LogP contribution in [0.5, 0.6) is 0 Å². The predicted molar refractivity (Wildman–Crippen MR) is 116 cm³/mol. The van der Waals surface area contributed by atoms with E-state index in [0.29, 0.717) is 0 Å². The SMILES string of the molecule is I.c1ccc(P(c2ccccc2)c2cccc(-c3cocn3)c2)cc1. The molecule has 0 bridgehead atoms. The van der Waals surface area contributed by atoms with Crippen LogP contribution in [0.2, 0.25) is 0 Å². The second-order valence-electron chi connectivity index (χ2n) is 5.43. The van der Waals surface area contributed by atoms with Gasteiger partial charge in [0, 0.05) is 5.56 Å². The van der Waals surface area contributed by atoms with Crippen molar-refractivity contribution >= 4 is 47.8 Å². The zero-order chi connectivity index (χ0) is 16.2. The van der Waals surface area contributed by atoms with Crippen LogP contribution in [-0.4, -0.2) is 4.98 Å². The zero-order valence-corrected chi connectivity index (χ0v) is 16.7. The van der Waals surface area contributed by atoms with Gasteiger partial charge in [-0.2, -0.15) is 0 Å². The van der Waals surface area contributed by atoms with E-state index in [1.165, 1.54) is 22.3 Å². The largest absolute Gasteiger partial charge is 0.451 e. The summed E-state index contributed by atoms with van der Waals surface area (Å²) in [4.78, 5) is 4.27. The monoisotopic (exact) mass is 457 g/mol. The Bertz CT molecular complexity index is 872. The van der Waals surface area contributed by atoms with E-state index in [0.717, 1.165) is 11.3 Å². The summed E-state index contributed by atoms with van der Waals surface area (Å²) in [5, 5.41) is 4.00. The van der Waals surface area contributed by atoms with Crippen molar-refractivity contribution in [2.45, 2.75) is 0 Å². The quantitative estimate of drug-likeness (QED) is 0.328. The van der Waals surface area contributed by atoms with E-state index >= 15 is 0 Å². The molecule has 2 nitrogen and oxygen atoms in total. The van der Waals surface area contributed by atoms with Gasteiger partial charge in [0.05, 0.1) is 0 Å². The van der Waals surface area contributed by atoms with E-state index in [-0.39, 0.29) is 24.0 Å². The van der Waals surface area contributed by atoms with Crippen LogP contribution >= 0.6 is 31.9 Å². The van der Waals surface area contributed by atoms with Crippen LogP contribution in [-0.2, 0) is 0 Å². The summed E-state index contributed by atoms with van der Waals surface area (Å²) in [6.45, 7) is 0. The molecule has 3 aromatic carbocycles. The Morgan fingerprint density at radius 2 is 1.28 bits per heavy atom. The van der Waals surface area contributed by atoms with E-state index in [1.807, 2.05) is 0 Å². The molecule has 0 aliphatic carbocycles. The first-order chi connectivity index (χ1) is 11.9. The number of benzene rings is 3. The van der Waals surface area contributed by atoms with Crippen molar-refractivity contribution in [3.63, 3.8) is 0 Å². The number of oxazole rings is 1. The minimum Gasteiger partial charge on any atom is -0.451 e. The lowest BCUT2D eigenvalue weighted by molar-refractivity contribution is 0.558. The van der Waals surface area contributed by atoms with Gasteiger partial charge >= 0.3 is 0 Å². The van der Waals surface area contributed by atoms with Crippen LogP contribution in [0.3, 0.4) is 0 Å². The Morgan fingerprint density at radius 3 is 1.84 bits per heavy atom. The summed E-state index contributed by atoms with van der Waals surface area (Å²) < 4.78 is 5.13. The predicted octanol–water partition coefficient (Wildman–Crippen LogP) is 4.72. The number of nitrogens with zero attached hydrogens (tertiary/aromatic N) is 1. The lowest BCUT2D eigenvalue weighted by atomic mass is 10.2. The van der Waals surface area contributed by atoms with E-state index in [2.05, 4.69) is 89.9 Å². The molecule has 0 saturated carbocycles. The van der Waals surface area contributed by atoms with Gasteiger partial charge in [0.15, 0.2) is 6.39 Å². The molecule has 0 N–H and O–H groups in total. The van der Waals surface area contributed by atoms with Gasteiger partial charge in [-0.1, -0.05) is 78.9 Å². The smallest absolute Gasteiger partial charge is 0.181 e. The Kier molecular flexibility index (Phi) is 6.00. The molecule has 4 heteroatoms. The van der Waals surface area contributed by atoms with Crippen molar-refractivity contribution in [3.8, 4) is 11.3 Å². The highest BCUT2D eigenvalue weighted by molar-refractivity contribution is 14.0. The van der Waals surface area contributed by atoms with Crippen molar-refractivity contribution in [2.75, 3.05) is 0 Å². The maximum Gasteiger partial charge on any atom is 0.181 e. The van der Waals surface area contributed by atoms with Crippen molar-refractivity contribution in [2.24, 2.45) is 0 Å². The Morgan fingerprint density at radius 1 is 0.680 bits per heavy atom. The number of hydrogen-bond acceptors (Lipinski definition) is 2. The lowest BCUT2D eigenvalue weighted by Crippen LogP contribution is -2.20. The number of hydrogen-bond donors (Lipinski definition) is 0. The van der Waals surface area contributed by atoms with E-state index in [1.54, 1.807) is 6.26 Å². The fourth-order valence-corrected chi connectivity index (χ4v) is 5.10. The molecule has 25 heavy (non-hydrogen) atoms. The first-order valence-corrected chi connectivity index (χ1v) is 9.15. The minimum absolute atomic E-state index is 0. The van der Waals surface area contributed by atoms with E-state index in [4.69, 9.17) is 4.42 Å². The van der Waals surface area contributed by atoms with Gasteiger partial charge in [0.2, 0.25) is 0 Å². The van der Waals surface area contributed by atoms with Gasteiger partial charge in [0.25, 0.3) is 0 Å². The molecule has 4 aromatic rings. The Hall–Kier alpha value is -1.97. The summed E-state index contributed by atoms with van der Waals surface area (Å²) in [7, 11) is -0.596. The van der Waals surface area contributed by atoms with Gasteiger partial charge < -0.3 is 4.42 Å². The lowest BCUT2D eigenvalue weighted by Gasteiger charge is -2.19. The normalized spacial score (nSPS) is 10.4. The standard InChI is InChI=1S/C21H16NOP.HI/c1-3-9-18(10-4-1)24(19-11-5-2-6-12-19)20-13-7-8-17(14-20)21-15-23-16-22-21;/h1-16H;1H. The summed E-state index contributed by atoms with van der Waals surface area (Å²) in [5.41, 5.74) is 1.95. The topological polar surface area (TPSA) is 26.0 Å². The molecular weight excluding hydrogens is 440 g/mol. The fraction of sp³-hybridized carbons (Fsp3) is 0. The summed E-state index contributed by atoms with van der Waals surface area (Å²) in [5.74, 6) is 0. The molecule has 1 aromatic heterocycles. The molecule has 0 amide bonds. The Labute approximate surface area is 165 Å². The molecule has 0 aliphatic heterocycles. The molecule has 0 atom stereocenters. The van der Waals surface area contributed by atoms with Crippen LogP contribution in [0.4, 0.5) is 0 Å². The average molecular weight is 457 g/mol. The molecule has 0 aliphatic rings. The van der Waals surface area contributed by atoms with Gasteiger partial charge in [-0.05, 0) is 29.9 Å². The van der Waals surface area contributed by atoms with Crippen LogP contribution < -0.4 is 15.9 Å². The molecule has 0 saturated heterocycles. The van der Waals surface area contributed by atoms with Gasteiger partial charge in [-0.25, -0.2) is 4.98 Å². The van der Waals surface area contributed by atoms with Crippen molar-refractivity contribution in [1.29, 1.82) is 0 Å². The molecule has 0 fully saturated rings. The highest BCUT2D eigenvalue weighted by Gasteiger charge is 2.16. The number of halogens is 1. The summed E-state index contributed by atoms with van der Waals surface area (Å²) in [6.07, 6.45) is 3.16. The molecule has 1 heterocycles. The van der Waals surface area contributed by atoms with Crippen LogP contribution in [0.15, 0.2) is 102 Å². The fourth-order valence-electron chi connectivity index (χ4n) is 2.76. The highest BCUT2D eigenvalue weighted by Crippen LogP contribution is 2.33. The zero-order valence-electron chi connectivity index (χ0n) is 13.4. The Balaban J connectivity index is 0.00000182. The number of aromatic nitrogens is 1. The van der Waals surface area contributed by atoms with E-state index in [9.17, 15) is 0 Å². The van der Waals surface area contributed by atoms with Crippen molar-refractivity contribution < 1.29 is 4.42 Å². The molecule has 0 spiro atoms. The molecule has 124 valence electrons. The summed E-state index contributed by atoms with van der Waals surface area (Å²) in [6, 6.07) is 30.0. The van der Waals surface area contributed by atoms with Gasteiger partial charge in [0.1, 0.15) is 12.0 Å². The maximum absolute atomic E-state index is 5.13. The van der Waals surface area contributed by atoms with Crippen LogP contribution in [0.25, 0.3) is 11.3 Å².